The van der Waals surface area contributed by atoms with Crippen molar-refractivity contribution in [2.24, 2.45) is 0 Å². The van der Waals surface area contributed by atoms with Crippen molar-refractivity contribution in [3.8, 4) is 11.5 Å². The van der Waals surface area contributed by atoms with Gasteiger partial charge in [0.05, 0.1) is 17.8 Å². The second-order valence-electron chi connectivity index (χ2n) is 7.88. The Morgan fingerprint density at radius 3 is 2.32 bits per heavy atom. The molecule has 178 valence electrons. The largest absolute Gasteiger partial charge is 0.418 e. The van der Waals surface area contributed by atoms with E-state index in [-0.39, 0.29) is 18.1 Å². The number of nitrogens with one attached hydrogen (secondary N) is 1. The zero-order chi connectivity index (χ0) is 24.3. The van der Waals surface area contributed by atoms with E-state index in [1.807, 2.05) is 0 Å². The summed E-state index contributed by atoms with van der Waals surface area (Å²) in [6, 6.07) is 11.7. The molecule has 2 amide bonds. The molecule has 1 aliphatic rings. The molecule has 1 saturated heterocycles. The van der Waals surface area contributed by atoms with Gasteiger partial charge < -0.3 is 14.7 Å². The maximum atomic E-state index is 13.1. The van der Waals surface area contributed by atoms with Crippen molar-refractivity contribution in [3.63, 3.8) is 0 Å². The lowest BCUT2D eigenvalue weighted by molar-refractivity contribution is -0.137. The third kappa shape index (κ3) is 5.42. The number of amides is 2. The highest BCUT2D eigenvalue weighted by Crippen LogP contribution is 2.34. The predicted octanol–water partition coefficient (Wildman–Crippen LogP) is 3.46. The van der Waals surface area contributed by atoms with E-state index in [1.165, 1.54) is 18.2 Å². The van der Waals surface area contributed by atoms with E-state index in [1.54, 1.807) is 41.0 Å². The zero-order valence-electron chi connectivity index (χ0n) is 18.3. The molecular formula is C23H22F3N5O3. The number of para-hydroxylation sites is 1. The van der Waals surface area contributed by atoms with Crippen LogP contribution in [0, 0.1) is 6.92 Å². The van der Waals surface area contributed by atoms with Gasteiger partial charge in [0.15, 0.2) is 5.82 Å². The fourth-order valence-electron chi connectivity index (χ4n) is 3.69. The molecule has 0 radical (unpaired) electrons. The van der Waals surface area contributed by atoms with E-state index in [9.17, 15) is 22.8 Å². The average Bonchev–Trinajstić information content (AvgIpc) is 3.25. The van der Waals surface area contributed by atoms with Crippen LogP contribution < -0.4 is 5.32 Å². The van der Waals surface area contributed by atoms with Crippen molar-refractivity contribution in [1.82, 2.24) is 19.9 Å². The Labute approximate surface area is 193 Å². The molecule has 0 unspecified atom stereocenters. The number of aromatic nitrogens is 2. The minimum absolute atomic E-state index is 0.0630. The SMILES string of the molecule is Cc1noc(-c2ccc(C(=O)N3CCN(CC(=O)Nc4ccccc4C(F)(F)F)CC3)cc2)n1. The molecule has 3 aromatic rings. The van der Waals surface area contributed by atoms with Gasteiger partial charge >= 0.3 is 6.18 Å². The maximum Gasteiger partial charge on any atom is 0.418 e. The Hall–Kier alpha value is -3.73. The van der Waals surface area contributed by atoms with E-state index in [4.69, 9.17) is 4.52 Å². The summed E-state index contributed by atoms with van der Waals surface area (Å²) in [5.74, 6) is 0.215. The predicted molar refractivity (Wildman–Crippen MR) is 117 cm³/mol. The Morgan fingerprint density at radius 2 is 1.71 bits per heavy atom. The summed E-state index contributed by atoms with van der Waals surface area (Å²) in [7, 11) is 0. The second kappa shape index (κ2) is 9.64. The first kappa shape index (κ1) is 23.4. The van der Waals surface area contributed by atoms with Crippen LogP contribution in [0.25, 0.3) is 11.5 Å². The van der Waals surface area contributed by atoms with Crippen LogP contribution >= 0.6 is 0 Å². The highest BCUT2D eigenvalue weighted by molar-refractivity contribution is 5.95. The monoisotopic (exact) mass is 473 g/mol. The molecule has 11 heteroatoms. The summed E-state index contributed by atoms with van der Waals surface area (Å²) in [6.07, 6.45) is -4.56. The van der Waals surface area contributed by atoms with Gasteiger partial charge in [0.25, 0.3) is 11.8 Å². The van der Waals surface area contributed by atoms with Crippen LogP contribution in [0.4, 0.5) is 18.9 Å². The van der Waals surface area contributed by atoms with Gasteiger partial charge in [0.2, 0.25) is 5.91 Å². The normalized spacial score (nSPS) is 14.8. The van der Waals surface area contributed by atoms with E-state index in [0.29, 0.717) is 49.0 Å². The molecule has 8 nitrogen and oxygen atoms in total. The van der Waals surface area contributed by atoms with Crippen molar-refractivity contribution in [2.75, 3.05) is 38.0 Å². The van der Waals surface area contributed by atoms with E-state index >= 15 is 0 Å². The summed E-state index contributed by atoms with van der Waals surface area (Å²) in [6.45, 7) is 3.31. The summed E-state index contributed by atoms with van der Waals surface area (Å²) in [5.41, 5.74) is 0.0574. The molecule has 0 spiro atoms. The summed E-state index contributed by atoms with van der Waals surface area (Å²) < 4.78 is 44.5. The van der Waals surface area contributed by atoms with E-state index in [0.717, 1.165) is 6.07 Å². The van der Waals surface area contributed by atoms with Crippen LogP contribution in [0.5, 0.6) is 0 Å². The van der Waals surface area contributed by atoms with Gasteiger partial charge in [-0.15, -0.1) is 0 Å². The van der Waals surface area contributed by atoms with Crippen molar-refractivity contribution in [3.05, 3.63) is 65.5 Å². The van der Waals surface area contributed by atoms with Crippen LogP contribution in [-0.2, 0) is 11.0 Å². The number of anilines is 1. The van der Waals surface area contributed by atoms with Gasteiger partial charge in [-0.25, -0.2) is 0 Å². The summed E-state index contributed by atoms with van der Waals surface area (Å²) in [5, 5.41) is 6.09. The molecule has 0 atom stereocenters. The van der Waals surface area contributed by atoms with Gasteiger partial charge in [0.1, 0.15) is 0 Å². The molecule has 1 aromatic heterocycles. The number of carbonyl (C=O) groups is 2. The number of hydrogen-bond acceptors (Lipinski definition) is 6. The molecule has 1 fully saturated rings. The zero-order valence-corrected chi connectivity index (χ0v) is 18.3. The average molecular weight is 473 g/mol. The number of hydrogen-bond donors (Lipinski definition) is 1. The van der Waals surface area contributed by atoms with E-state index in [2.05, 4.69) is 15.5 Å². The second-order valence-corrected chi connectivity index (χ2v) is 7.88. The molecule has 2 aromatic carbocycles. The summed E-state index contributed by atoms with van der Waals surface area (Å²) >= 11 is 0. The van der Waals surface area contributed by atoms with Crippen molar-refractivity contribution >= 4 is 17.5 Å². The van der Waals surface area contributed by atoms with Gasteiger partial charge in [-0.1, -0.05) is 17.3 Å². The van der Waals surface area contributed by atoms with Gasteiger partial charge in [-0.05, 0) is 43.3 Å². The number of piperazine rings is 1. The molecule has 0 saturated carbocycles. The van der Waals surface area contributed by atoms with Crippen molar-refractivity contribution < 1.29 is 27.3 Å². The summed E-state index contributed by atoms with van der Waals surface area (Å²) in [4.78, 5) is 32.8. The molecular weight excluding hydrogens is 451 g/mol. The highest BCUT2D eigenvalue weighted by Gasteiger charge is 2.33. The third-order valence-corrected chi connectivity index (χ3v) is 5.44. The van der Waals surface area contributed by atoms with Crippen molar-refractivity contribution in [2.45, 2.75) is 13.1 Å². The van der Waals surface area contributed by atoms with Gasteiger partial charge in [-0.3, -0.25) is 14.5 Å². The Balaban J connectivity index is 1.29. The number of carbonyl (C=O) groups excluding carboxylic acids is 2. The maximum absolute atomic E-state index is 13.1. The first-order valence-electron chi connectivity index (χ1n) is 10.6. The first-order valence-corrected chi connectivity index (χ1v) is 10.6. The minimum Gasteiger partial charge on any atom is -0.336 e. The highest BCUT2D eigenvalue weighted by atomic mass is 19.4. The Bertz CT molecular complexity index is 1170. The first-order chi connectivity index (χ1) is 16.2. The number of aryl methyl sites for hydroxylation is 1. The standard InChI is InChI=1S/C23H22F3N5O3/c1-15-27-21(34-29-15)16-6-8-17(9-7-16)22(33)31-12-10-30(11-13-31)14-20(32)28-19-5-3-2-4-18(19)23(24,25)26/h2-9H,10-14H2,1H3,(H,28,32). The fourth-order valence-corrected chi connectivity index (χ4v) is 3.69. The van der Waals surface area contributed by atoms with Crippen LogP contribution in [-0.4, -0.2) is 64.5 Å². The smallest absolute Gasteiger partial charge is 0.336 e. The van der Waals surface area contributed by atoms with Gasteiger partial charge in [0, 0.05) is 37.3 Å². The van der Waals surface area contributed by atoms with Crippen LogP contribution in [0.15, 0.2) is 53.1 Å². The number of alkyl halides is 3. The number of benzene rings is 2. The minimum atomic E-state index is -4.56. The molecule has 1 N–H and O–H groups in total. The fraction of sp³-hybridized carbons (Fsp3) is 0.304. The van der Waals surface area contributed by atoms with E-state index < -0.39 is 17.6 Å². The van der Waals surface area contributed by atoms with Crippen molar-refractivity contribution in [1.29, 1.82) is 0 Å². The third-order valence-electron chi connectivity index (χ3n) is 5.44. The van der Waals surface area contributed by atoms with Crippen LogP contribution in [0.2, 0.25) is 0 Å². The lowest BCUT2D eigenvalue weighted by Crippen LogP contribution is -2.50. The molecule has 0 aliphatic carbocycles. The number of nitrogens with zero attached hydrogens (tertiary/aromatic N) is 4. The molecule has 1 aliphatic heterocycles. The quantitative estimate of drug-likeness (QED) is 0.610. The van der Waals surface area contributed by atoms with Crippen LogP contribution in [0.3, 0.4) is 0 Å². The molecule has 0 bridgehead atoms. The molecule has 34 heavy (non-hydrogen) atoms. The lowest BCUT2D eigenvalue weighted by atomic mass is 10.1. The van der Waals surface area contributed by atoms with Crippen LogP contribution in [0.1, 0.15) is 21.7 Å². The molecule has 4 rings (SSSR count). The Morgan fingerprint density at radius 1 is 1.03 bits per heavy atom. The van der Waals surface area contributed by atoms with Gasteiger partial charge in [-0.2, -0.15) is 18.2 Å². The number of halogens is 3. The topological polar surface area (TPSA) is 91.6 Å². The lowest BCUT2D eigenvalue weighted by Gasteiger charge is -2.34. The Kier molecular flexibility index (Phi) is 6.64. The molecule has 2 heterocycles. The number of rotatable bonds is 5.